The fourth-order valence-electron chi connectivity index (χ4n) is 1.22. The summed E-state index contributed by atoms with van der Waals surface area (Å²) < 4.78 is 13.2. The molecule has 2 rings (SSSR count). The number of halogens is 1. The van der Waals surface area contributed by atoms with E-state index >= 15 is 0 Å². The number of thioether (sulfide) groups is 1. The van der Waals surface area contributed by atoms with Crippen LogP contribution in [0.1, 0.15) is 0 Å². The Balaban J connectivity index is 2.62. The molecule has 3 heteroatoms. The highest BCUT2D eigenvalue weighted by molar-refractivity contribution is 8.03. The zero-order valence-electron chi connectivity index (χ0n) is 6.67. The molecule has 0 atom stereocenters. The highest BCUT2D eigenvalue weighted by Crippen LogP contribution is 2.45. The average Bonchev–Trinajstić information content (AvgIpc) is 2.29. The van der Waals surface area contributed by atoms with Crippen LogP contribution in [0, 0.1) is 5.82 Å². The first kappa shape index (κ1) is 7.68. The molecule has 62 valence electrons. The zero-order chi connectivity index (χ0) is 8.72. The molecule has 0 fully saturated rings. The van der Waals surface area contributed by atoms with E-state index in [-0.39, 0.29) is 5.82 Å². The van der Waals surface area contributed by atoms with E-state index in [1.54, 1.807) is 11.0 Å². The van der Waals surface area contributed by atoms with Crippen molar-refractivity contribution < 1.29 is 4.39 Å². The van der Waals surface area contributed by atoms with Gasteiger partial charge in [0.15, 0.2) is 0 Å². The summed E-state index contributed by atoms with van der Waals surface area (Å²) in [6.45, 7) is 3.81. The van der Waals surface area contributed by atoms with Crippen LogP contribution in [0.15, 0.2) is 34.7 Å². The molecule has 12 heavy (non-hydrogen) atoms. The number of hydrogen-bond donors (Lipinski definition) is 0. The van der Waals surface area contributed by atoms with Gasteiger partial charge in [0.05, 0.1) is 10.7 Å². The second-order valence-corrected chi connectivity index (χ2v) is 3.76. The van der Waals surface area contributed by atoms with E-state index < -0.39 is 0 Å². The lowest BCUT2D eigenvalue weighted by Crippen LogP contribution is -2.09. The molecular weight excluding hydrogens is 173 g/mol. The highest BCUT2D eigenvalue weighted by atomic mass is 32.2. The molecule has 0 amide bonds. The molecule has 1 aliphatic rings. The highest BCUT2D eigenvalue weighted by Gasteiger charge is 2.23. The zero-order valence-corrected chi connectivity index (χ0v) is 7.49. The van der Waals surface area contributed by atoms with E-state index in [4.69, 9.17) is 0 Å². The standard InChI is InChI=1S/C9H8FNS/c1-6-11(2)9-7(10)4-3-5-8(9)12-6/h3-5H,1H2,2H3. The van der Waals surface area contributed by atoms with Crippen LogP contribution in [0.5, 0.6) is 0 Å². The summed E-state index contributed by atoms with van der Waals surface area (Å²) in [6, 6.07) is 5.08. The Kier molecular flexibility index (Phi) is 1.61. The number of anilines is 1. The Labute approximate surface area is 74.9 Å². The Morgan fingerprint density at radius 1 is 1.50 bits per heavy atom. The van der Waals surface area contributed by atoms with Gasteiger partial charge in [-0.3, -0.25) is 0 Å². The van der Waals surface area contributed by atoms with Gasteiger partial charge in [-0.25, -0.2) is 4.39 Å². The number of benzene rings is 1. The molecule has 0 saturated carbocycles. The third kappa shape index (κ3) is 0.932. The van der Waals surface area contributed by atoms with E-state index in [0.29, 0.717) is 5.69 Å². The van der Waals surface area contributed by atoms with Crippen LogP contribution in [0.3, 0.4) is 0 Å². The summed E-state index contributed by atoms with van der Waals surface area (Å²) in [5.74, 6) is -0.179. The minimum absolute atomic E-state index is 0.179. The second kappa shape index (κ2) is 2.52. The number of para-hydroxylation sites is 1. The van der Waals surface area contributed by atoms with Crippen molar-refractivity contribution >= 4 is 17.4 Å². The largest absolute Gasteiger partial charge is 0.336 e. The minimum Gasteiger partial charge on any atom is -0.336 e. The lowest BCUT2D eigenvalue weighted by molar-refractivity contribution is 0.624. The molecule has 0 aromatic heterocycles. The quantitative estimate of drug-likeness (QED) is 0.605. The Bertz CT molecular complexity index is 348. The summed E-state index contributed by atoms with van der Waals surface area (Å²) in [4.78, 5) is 2.72. The van der Waals surface area contributed by atoms with E-state index in [1.807, 2.05) is 13.1 Å². The third-order valence-corrected chi connectivity index (χ3v) is 2.95. The molecule has 0 bridgehead atoms. The first-order chi connectivity index (χ1) is 5.70. The number of hydrogen-bond acceptors (Lipinski definition) is 2. The van der Waals surface area contributed by atoms with Crippen LogP contribution in [-0.2, 0) is 0 Å². The van der Waals surface area contributed by atoms with Gasteiger partial charge in [0.25, 0.3) is 0 Å². The lowest BCUT2D eigenvalue weighted by atomic mass is 10.3. The van der Waals surface area contributed by atoms with Crippen molar-refractivity contribution in [2.24, 2.45) is 0 Å². The maximum Gasteiger partial charge on any atom is 0.148 e. The summed E-state index contributed by atoms with van der Waals surface area (Å²) in [5.41, 5.74) is 0.646. The van der Waals surface area contributed by atoms with Crippen LogP contribution in [0.25, 0.3) is 0 Å². The van der Waals surface area contributed by atoms with Crippen molar-refractivity contribution in [3.63, 3.8) is 0 Å². The first-order valence-corrected chi connectivity index (χ1v) is 4.41. The predicted octanol–water partition coefficient (Wildman–Crippen LogP) is 2.84. The molecular formula is C9H8FNS. The van der Waals surface area contributed by atoms with Gasteiger partial charge in [-0.05, 0) is 12.1 Å². The van der Waals surface area contributed by atoms with Crippen LogP contribution in [0.4, 0.5) is 10.1 Å². The fourth-order valence-corrected chi connectivity index (χ4v) is 2.18. The number of rotatable bonds is 0. The van der Waals surface area contributed by atoms with Gasteiger partial charge in [-0.2, -0.15) is 0 Å². The number of fused-ring (bicyclic) bond motifs is 1. The minimum atomic E-state index is -0.179. The van der Waals surface area contributed by atoms with E-state index in [0.717, 1.165) is 9.92 Å². The maximum atomic E-state index is 13.2. The van der Waals surface area contributed by atoms with Gasteiger partial charge in [0, 0.05) is 11.9 Å². The second-order valence-electron chi connectivity index (χ2n) is 2.64. The third-order valence-electron chi connectivity index (χ3n) is 1.89. The van der Waals surface area contributed by atoms with Gasteiger partial charge in [-0.15, -0.1) is 0 Å². The Hall–Kier alpha value is -0.960. The van der Waals surface area contributed by atoms with E-state index in [9.17, 15) is 4.39 Å². The Morgan fingerprint density at radius 3 is 2.92 bits per heavy atom. The van der Waals surface area contributed by atoms with Crippen LogP contribution in [-0.4, -0.2) is 7.05 Å². The van der Waals surface area contributed by atoms with Gasteiger partial charge in [0.2, 0.25) is 0 Å². The molecule has 1 aliphatic heterocycles. The van der Waals surface area contributed by atoms with Crippen LogP contribution >= 0.6 is 11.8 Å². The van der Waals surface area contributed by atoms with Gasteiger partial charge in [0.1, 0.15) is 5.82 Å². The SMILES string of the molecule is C=C1Sc2cccc(F)c2N1C. The molecule has 0 saturated heterocycles. The normalized spacial score (nSPS) is 15.2. The van der Waals surface area contributed by atoms with Crippen molar-refractivity contribution in [3.05, 3.63) is 35.6 Å². The van der Waals surface area contributed by atoms with Crippen molar-refractivity contribution in [1.29, 1.82) is 0 Å². The molecule has 1 aromatic carbocycles. The monoisotopic (exact) mass is 181 g/mol. The van der Waals surface area contributed by atoms with E-state index in [2.05, 4.69) is 6.58 Å². The van der Waals surface area contributed by atoms with Crippen molar-refractivity contribution in [2.45, 2.75) is 4.90 Å². The summed E-state index contributed by atoms with van der Waals surface area (Å²) in [7, 11) is 1.82. The fraction of sp³-hybridized carbons (Fsp3) is 0.111. The topological polar surface area (TPSA) is 3.24 Å². The van der Waals surface area contributed by atoms with Crippen molar-refractivity contribution in [2.75, 3.05) is 11.9 Å². The van der Waals surface area contributed by atoms with Gasteiger partial charge < -0.3 is 4.90 Å². The molecule has 0 radical (unpaired) electrons. The lowest BCUT2D eigenvalue weighted by Gasteiger charge is -2.12. The smallest absolute Gasteiger partial charge is 0.148 e. The predicted molar refractivity (Wildman–Crippen MR) is 49.8 cm³/mol. The average molecular weight is 181 g/mol. The first-order valence-electron chi connectivity index (χ1n) is 3.59. The van der Waals surface area contributed by atoms with Crippen molar-refractivity contribution in [1.82, 2.24) is 0 Å². The maximum absolute atomic E-state index is 13.2. The molecule has 1 aromatic rings. The summed E-state index contributed by atoms with van der Waals surface area (Å²) in [6.07, 6.45) is 0. The van der Waals surface area contributed by atoms with Crippen LogP contribution in [0.2, 0.25) is 0 Å². The molecule has 0 N–H and O–H groups in total. The summed E-state index contributed by atoms with van der Waals surface area (Å²) in [5, 5.41) is 0.870. The van der Waals surface area contributed by atoms with Crippen molar-refractivity contribution in [3.8, 4) is 0 Å². The van der Waals surface area contributed by atoms with Gasteiger partial charge >= 0.3 is 0 Å². The number of nitrogens with zero attached hydrogens (tertiary/aromatic N) is 1. The molecule has 0 spiro atoms. The Morgan fingerprint density at radius 2 is 2.25 bits per heavy atom. The van der Waals surface area contributed by atoms with E-state index in [1.165, 1.54) is 17.8 Å². The van der Waals surface area contributed by atoms with Gasteiger partial charge in [-0.1, -0.05) is 24.4 Å². The van der Waals surface area contributed by atoms with Crippen LogP contribution < -0.4 is 4.90 Å². The molecule has 0 aliphatic carbocycles. The molecule has 1 heterocycles. The molecule has 1 nitrogen and oxygen atoms in total. The summed E-state index contributed by atoms with van der Waals surface area (Å²) >= 11 is 1.50. The molecule has 0 unspecified atom stereocenters.